The van der Waals surface area contributed by atoms with Crippen LogP contribution in [-0.4, -0.2) is 17.6 Å². The molecule has 0 saturated heterocycles. The van der Waals surface area contributed by atoms with E-state index in [9.17, 15) is 4.79 Å². The third-order valence-electron chi connectivity index (χ3n) is 3.42. The van der Waals surface area contributed by atoms with Crippen molar-refractivity contribution in [2.45, 2.75) is 20.8 Å². The van der Waals surface area contributed by atoms with Crippen LogP contribution in [0.15, 0.2) is 30.3 Å². The zero-order valence-electron chi connectivity index (χ0n) is 14.1. The zero-order valence-corrected chi connectivity index (χ0v) is 17.8. The molecule has 132 valence electrons. The average molecular weight is 489 g/mol. The zero-order chi connectivity index (χ0) is 18.6. The summed E-state index contributed by atoms with van der Waals surface area (Å²) in [4.78, 5) is 12.3. The van der Waals surface area contributed by atoms with Gasteiger partial charge >= 0.3 is 0 Å². The van der Waals surface area contributed by atoms with Gasteiger partial charge in [-0.15, -0.1) is 0 Å². The largest absolute Gasteiger partial charge is 0.492 e. The van der Waals surface area contributed by atoms with Gasteiger partial charge in [-0.3, -0.25) is 10.1 Å². The number of benzene rings is 2. The van der Waals surface area contributed by atoms with Crippen LogP contribution in [0, 0.1) is 17.4 Å². The highest BCUT2D eigenvalue weighted by atomic mass is 127. The fourth-order valence-electron chi connectivity index (χ4n) is 2.27. The van der Waals surface area contributed by atoms with Gasteiger partial charge in [0, 0.05) is 14.8 Å². The van der Waals surface area contributed by atoms with Crippen molar-refractivity contribution >= 4 is 63.1 Å². The van der Waals surface area contributed by atoms with Crippen LogP contribution >= 0.6 is 46.4 Å². The number of rotatable bonds is 4. The summed E-state index contributed by atoms with van der Waals surface area (Å²) >= 11 is 13.6. The Morgan fingerprint density at radius 1 is 1.24 bits per heavy atom. The van der Waals surface area contributed by atoms with Crippen LogP contribution in [0.3, 0.4) is 0 Å². The molecule has 2 N–H and O–H groups in total. The van der Waals surface area contributed by atoms with E-state index in [1.807, 2.05) is 32.9 Å². The number of nitrogens with one attached hydrogen (secondary N) is 2. The van der Waals surface area contributed by atoms with Crippen LogP contribution in [0.1, 0.15) is 28.4 Å². The van der Waals surface area contributed by atoms with Crippen molar-refractivity contribution in [3.63, 3.8) is 0 Å². The van der Waals surface area contributed by atoms with Gasteiger partial charge in [0.15, 0.2) is 5.11 Å². The summed E-state index contributed by atoms with van der Waals surface area (Å²) in [5.74, 6) is 0.215. The number of carbonyl (C=O) groups excluding carboxylic acids is 1. The third kappa shape index (κ3) is 5.29. The Hall–Kier alpha value is -1.38. The number of hydrogen-bond acceptors (Lipinski definition) is 3. The summed E-state index contributed by atoms with van der Waals surface area (Å²) in [5, 5.41) is 6.31. The van der Waals surface area contributed by atoms with E-state index < -0.39 is 0 Å². The van der Waals surface area contributed by atoms with Gasteiger partial charge in [0.1, 0.15) is 5.75 Å². The van der Waals surface area contributed by atoms with E-state index in [-0.39, 0.29) is 11.0 Å². The van der Waals surface area contributed by atoms with Gasteiger partial charge in [0.2, 0.25) is 0 Å². The normalized spacial score (nSPS) is 10.3. The first kappa shape index (κ1) is 19.9. The molecule has 0 atom stereocenters. The number of amides is 1. The first-order valence-electron chi connectivity index (χ1n) is 7.63. The van der Waals surface area contributed by atoms with Crippen molar-refractivity contribution in [2.75, 3.05) is 11.9 Å². The molecule has 7 heteroatoms. The quantitative estimate of drug-likeness (QED) is 0.465. The highest BCUT2D eigenvalue weighted by Crippen LogP contribution is 2.25. The number of hydrogen-bond donors (Lipinski definition) is 2. The molecule has 0 aliphatic carbocycles. The van der Waals surface area contributed by atoms with Crippen molar-refractivity contribution in [3.05, 3.63) is 55.6 Å². The fraction of sp³-hybridized carbons (Fsp3) is 0.222. The molecule has 0 heterocycles. The lowest BCUT2D eigenvalue weighted by Gasteiger charge is -2.13. The van der Waals surface area contributed by atoms with Gasteiger partial charge in [-0.2, -0.15) is 0 Å². The summed E-state index contributed by atoms with van der Waals surface area (Å²) < 4.78 is 6.57. The Kier molecular flexibility index (Phi) is 7.04. The predicted molar refractivity (Wildman–Crippen MR) is 115 cm³/mol. The first-order valence-corrected chi connectivity index (χ1v) is 9.49. The summed E-state index contributed by atoms with van der Waals surface area (Å²) in [6, 6.07) is 8.85. The van der Waals surface area contributed by atoms with E-state index in [4.69, 9.17) is 28.6 Å². The van der Waals surface area contributed by atoms with Crippen molar-refractivity contribution in [2.24, 2.45) is 0 Å². The molecule has 0 saturated carbocycles. The lowest BCUT2D eigenvalue weighted by molar-refractivity contribution is 0.0977. The van der Waals surface area contributed by atoms with E-state index in [0.717, 1.165) is 16.8 Å². The van der Waals surface area contributed by atoms with Gasteiger partial charge in [-0.1, -0.05) is 11.6 Å². The Balaban J connectivity index is 2.05. The number of ether oxygens (including phenoxy) is 1. The van der Waals surface area contributed by atoms with Gasteiger partial charge in [0.25, 0.3) is 5.91 Å². The lowest BCUT2D eigenvalue weighted by Crippen LogP contribution is -2.34. The average Bonchev–Trinajstić information content (AvgIpc) is 2.54. The summed E-state index contributed by atoms with van der Waals surface area (Å²) in [5.41, 5.74) is 3.55. The Morgan fingerprint density at radius 3 is 2.44 bits per heavy atom. The Morgan fingerprint density at radius 2 is 1.88 bits per heavy atom. The van der Waals surface area contributed by atoms with Crippen LogP contribution < -0.4 is 15.4 Å². The van der Waals surface area contributed by atoms with Crippen LogP contribution in [0.5, 0.6) is 5.75 Å². The topological polar surface area (TPSA) is 50.4 Å². The SMILES string of the molecule is CCOc1ccc(C(=O)NC(=S)Nc2cc(C)c(I)c(C)c2)cc1Cl. The van der Waals surface area contributed by atoms with Crippen LogP contribution in [0.4, 0.5) is 5.69 Å². The van der Waals surface area contributed by atoms with E-state index in [1.54, 1.807) is 18.2 Å². The standard InChI is InChI=1S/C18H18ClIN2O2S/c1-4-24-15-6-5-12(9-14(15)19)17(23)22-18(25)21-13-7-10(2)16(20)11(3)8-13/h5-9H,4H2,1-3H3,(H2,21,22,23,25). The minimum Gasteiger partial charge on any atom is -0.492 e. The van der Waals surface area contributed by atoms with Gasteiger partial charge in [0.05, 0.1) is 11.6 Å². The monoisotopic (exact) mass is 488 g/mol. The minimum atomic E-state index is -0.332. The molecule has 0 aromatic heterocycles. The van der Waals surface area contributed by atoms with Crippen molar-refractivity contribution < 1.29 is 9.53 Å². The smallest absolute Gasteiger partial charge is 0.257 e. The van der Waals surface area contributed by atoms with Crippen LogP contribution in [-0.2, 0) is 0 Å². The second-order valence-electron chi connectivity index (χ2n) is 5.41. The van der Waals surface area contributed by atoms with E-state index >= 15 is 0 Å². The molecule has 2 aromatic rings. The van der Waals surface area contributed by atoms with Gasteiger partial charge in [-0.25, -0.2) is 0 Å². The summed E-state index contributed by atoms with van der Waals surface area (Å²) in [6.45, 7) is 6.44. The maximum atomic E-state index is 12.3. The first-order chi connectivity index (χ1) is 11.8. The molecule has 0 aliphatic heterocycles. The number of thiocarbonyl (C=S) groups is 1. The second kappa shape index (κ2) is 8.82. The summed E-state index contributed by atoms with van der Waals surface area (Å²) in [7, 11) is 0. The number of anilines is 1. The van der Waals surface area contributed by atoms with E-state index in [2.05, 4.69) is 33.2 Å². The van der Waals surface area contributed by atoms with Crippen LogP contribution in [0.25, 0.3) is 0 Å². The van der Waals surface area contributed by atoms with E-state index in [1.165, 1.54) is 3.57 Å². The lowest BCUT2D eigenvalue weighted by atomic mass is 10.1. The Bertz CT molecular complexity index is 804. The van der Waals surface area contributed by atoms with Crippen molar-refractivity contribution in [1.82, 2.24) is 5.32 Å². The molecule has 0 bridgehead atoms. The Labute approximate surface area is 171 Å². The molecule has 1 amide bonds. The molecule has 25 heavy (non-hydrogen) atoms. The molecule has 4 nitrogen and oxygen atoms in total. The number of aryl methyl sites for hydroxylation is 2. The molecule has 0 spiro atoms. The molecule has 2 rings (SSSR count). The maximum absolute atomic E-state index is 12.3. The molecule has 0 radical (unpaired) electrons. The molecular formula is C18H18ClIN2O2S. The van der Waals surface area contributed by atoms with Gasteiger partial charge in [-0.05, 0) is 97.0 Å². The summed E-state index contributed by atoms with van der Waals surface area (Å²) in [6.07, 6.45) is 0. The molecule has 0 aliphatic rings. The molecular weight excluding hydrogens is 471 g/mol. The number of halogens is 2. The minimum absolute atomic E-state index is 0.231. The highest BCUT2D eigenvalue weighted by Gasteiger charge is 2.11. The predicted octanol–water partition coefficient (Wildman–Crippen LogP) is 5.09. The highest BCUT2D eigenvalue weighted by molar-refractivity contribution is 14.1. The molecule has 0 unspecified atom stereocenters. The van der Waals surface area contributed by atoms with Crippen molar-refractivity contribution in [3.8, 4) is 5.75 Å². The van der Waals surface area contributed by atoms with E-state index in [0.29, 0.717) is 22.9 Å². The van der Waals surface area contributed by atoms with Crippen molar-refractivity contribution in [1.29, 1.82) is 0 Å². The molecule has 0 fully saturated rings. The maximum Gasteiger partial charge on any atom is 0.257 e. The fourth-order valence-corrected chi connectivity index (χ4v) is 3.03. The van der Waals surface area contributed by atoms with Crippen LogP contribution in [0.2, 0.25) is 5.02 Å². The number of carbonyl (C=O) groups is 1. The second-order valence-corrected chi connectivity index (χ2v) is 7.30. The molecule has 2 aromatic carbocycles. The van der Waals surface area contributed by atoms with Gasteiger partial charge < -0.3 is 10.1 Å². The third-order valence-corrected chi connectivity index (χ3v) is 5.62.